The topological polar surface area (TPSA) is 21.1 Å². The van der Waals surface area contributed by atoms with E-state index in [4.69, 9.17) is 16.6 Å². The third kappa shape index (κ3) is 3.58. The fourth-order valence-corrected chi connectivity index (χ4v) is 3.07. The van der Waals surface area contributed by atoms with Crippen LogP contribution in [0.1, 0.15) is 44.0 Å². The molecule has 2 rings (SSSR count). The van der Waals surface area contributed by atoms with Gasteiger partial charge in [0.25, 0.3) is 0 Å². The number of para-hydroxylation sites is 1. The lowest BCUT2D eigenvalue weighted by Gasteiger charge is -2.21. The fraction of sp³-hybridized carbons (Fsp3) is 0.588. The first-order valence-electron chi connectivity index (χ1n) is 7.90. The molecule has 2 aromatic rings. The van der Waals surface area contributed by atoms with Crippen molar-refractivity contribution >= 4 is 22.6 Å². The molecule has 0 aliphatic heterocycles. The van der Waals surface area contributed by atoms with E-state index in [2.05, 4.69) is 48.4 Å². The second-order valence-corrected chi connectivity index (χ2v) is 6.27. The summed E-state index contributed by atoms with van der Waals surface area (Å²) in [5, 5.41) is -0.0712. The molecule has 0 aliphatic carbocycles. The number of alkyl halides is 1. The Bertz CT molecular complexity index is 589. The van der Waals surface area contributed by atoms with Crippen molar-refractivity contribution in [3.63, 3.8) is 0 Å². The molecule has 1 unspecified atom stereocenters. The van der Waals surface area contributed by atoms with Crippen LogP contribution < -0.4 is 0 Å². The Balaban J connectivity index is 2.34. The van der Waals surface area contributed by atoms with Gasteiger partial charge in [-0.25, -0.2) is 4.98 Å². The quantitative estimate of drug-likeness (QED) is 0.708. The number of nitrogens with zero attached hydrogens (tertiary/aromatic N) is 3. The molecule has 0 aliphatic rings. The minimum Gasteiger partial charge on any atom is -0.325 e. The molecular weight excluding hydrogens is 282 g/mol. The Labute approximate surface area is 132 Å². The van der Waals surface area contributed by atoms with Crippen molar-refractivity contribution < 1.29 is 0 Å². The zero-order valence-electron chi connectivity index (χ0n) is 13.6. The molecule has 0 bridgehead atoms. The maximum absolute atomic E-state index is 6.35. The number of hydrogen-bond acceptors (Lipinski definition) is 2. The summed E-state index contributed by atoms with van der Waals surface area (Å²) in [6.07, 6.45) is 1.19. The summed E-state index contributed by atoms with van der Waals surface area (Å²) in [4.78, 5) is 7.21. The van der Waals surface area contributed by atoms with E-state index < -0.39 is 0 Å². The van der Waals surface area contributed by atoms with Crippen molar-refractivity contribution in [1.82, 2.24) is 14.5 Å². The van der Waals surface area contributed by atoms with Gasteiger partial charge in [-0.2, -0.15) is 0 Å². The molecule has 1 heterocycles. The van der Waals surface area contributed by atoms with E-state index in [9.17, 15) is 0 Å². The summed E-state index contributed by atoms with van der Waals surface area (Å²) in [7, 11) is 0. The van der Waals surface area contributed by atoms with Gasteiger partial charge in [0.2, 0.25) is 0 Å². The Morgan fingerprint density at radius 3 is 2.67 bits per heavy atom. The minimum absolute atomic E-state index is 0.0712. The lowest BCUT2D eigenvalue weighted by molar-refractivity contribution is 0.276. The highest BCUT2D eigenvalue weighted by Gasteiger charge is 2.16. The standard InChI is InChI=1S/C17H26ClN3/c1-5-10-20(6-2)11-12-21-16-13(3)8-7-9-15(16)19-17(21)14(4)18/h7-9,14H,5-6,10-12H2,1-4H3. The van der Waals surface area contributed by atoms with E-state index >= 15 is 0 Å². The number of benzene rings is 1. The minimum atomic E-state index is -0.0712. The van der Waals surface area contributed by atoms with Crippen LogP contribution in [0, 0.1) is 6.92 Å². The molecule has 21 heavy (non-hydrogen) atoms. The van der Waals surface area contributed by atoms with Crippen LogP contribution in [0.4, 0.5) is 0 Å². The van der Waals surface area contributed by atoms with Crippen molar-refractivity contribution in [3.05, 3.63) is 29.6 Å². The number of aromatic nitrogens is 2. The Morgan fingerprint density at radius 2 is 2.05 bits per heavy atom. The Morgan fingerprint density at radius 1 is 1.29 bits per heavy atom. The van der Waals surface area contributed by atoms with Gasteiger partial charge in [-0.15, -0.1) is 11.6 Å². The van der Waals surface area contributed by atoms with Gasteiger partial charge in [-0.05, 0) is 45.0 Å². The van der Waals surface area contributed by atoms with Gasteiger partial charge in [-0.3, -0.25) is 0 Å². The molecule has 0 spiro atoms. The second-order valence-electron chi connectivity index (χ2n) is 5.61. The van der Waals surface area contributed by atoms with E-state index in [1.807, 2.05) is 6.92 Å². The molecule has 0 N–H and O–H groups in total. The maximum Gasteiger partial charge on any atom is 0.127 e. The number of rotatable bonds is 7. The predicted molar refractivity (Wildman–Crippen MR) is 91.1 cm³/mol. The molecule has 0 fully saturated rings. The highest BCUT2D eigenvalue weighted by Crippen LogP contribution is 2.26. The van der Waals surface area contributed by atoms with Gasteiger partial charge in [-0.1, -0.05) is 26.0 Å². The molecule has 116 valence electrons. The van der Waals surface area contributed by atoms with Crippen LogP contribution in [0.5, 0.6) is 0 Å². The van der Waals surface area contributed by atoms with Gasteiger partial charge in [0, 0.05) is 13.1 Å². The molecule has 1 atom stereocenters. The van der Waals surface area contributed by atoms with Crippen LogP contribution >= 0.6 is 11.6 Å². The third-order valence-electron chi connectivity index (χ3n) is 3.98. The molecule has 0 saturated heterocycles. The van der Waals surface area contributed by atoms with Crippen LogP contribution in [-0.2, 0) is 6.54 Å². The first-order chi connectivity index (χ1) is 10.1. The lowest BCUT2D eigenvalue weighted by Crippen LogP contribution is -2.28. The summed E-state index contributed by atoms with van der Waals surface area (Å²) < 4.78 is 2.31. The number of imidazole rings is 1. The van der Waals surface area contributed by atoms with E-state index in [-0.39, 0.29) is 5.38 Å². The van der Waals surface area contributed by atoms with Crippen molar-refractivity contribution in [2.24, 2.45) is 0 Å². The Hall–Kier alpha value is -1.06. The van der Waals surface area contributed by atoms with Crippen molar-refractivity contribution in [1.29, 1.82) is 0 Å². The van der Waals surface area contributed by atoms with E-state index in [0.29, 0.717) is 0 Å². The van der Waals surface area contributed by atoms with Crippen LogP contribution in [-0.4, -0.2) is 34.1 Å². The number of likely N-dealkylation sites (N-methyl/N-ethyl adjacent to an activating group) is 1. The van der Waals surface area contributed by atoms with E-state index in [0.717, 1.165) is 37.5 Å². The predicted octanol–water partition coefficient (Wildman–Crippen LogP) is 4.38. The largest absolute Gasteiger partial charge is 0.325 e. The van der Waals surface area contributed by atoms with Crippen LogP contribution in [0.15, 0.2) is 18.2 Å². The molecule has 0 radical (unpaired) electrons. The van der Waals surface area contributed by atoms with Gasteiger partial charge < -0.3 is 9.47 Å². The van der Waals surface area contributed by atoms with Gasteiger partial charge in [0.05, 0.1) is 16.4 Å². The van der Waals surface area contributed by atoms with E-state index in [1.54, 1.807) is 0 Å². The zero-order chi connectivity index (χ0) is 15.4. The summed E-state index contributed by atoms with van der Waals surface area (Å²) in [5.74, 6) is 0.980. The molecule has 3 nitrogen and oxygen atoms in total. The molecule has 0 amide bonds. The molecule has 1 aromatic carbocycles. The first-order valence-corrected chi connectivity index (χ1v) is 8.34. The smallest absolute Gasteiger partial charge is 0.127 e. The number of halogens is 1. The first kappa shape index (κ1) is 16.3. The van der Waals surface area contributed by atoms with Gasteiger partial charge in [0.15, 0.2) is 0 Å². The number of fused-ring (bicyclic) bond motifs is 1. The van der Waals surface area contributed by atoms with Crippen LogP contribution in [0.25, 0.3) is 11.0 Å². The zero-order valence-corrected chi connectivity index (χ0v) is 14.3. The van der Waals surface area contributed by atoms with Crippen LogP contribution in [0.2, 0.25) is 0 Å². The summed E-state index contributed by atoms with van der Waals surface area (Å²) in [6.45, 7) is 12.8. The summed E-state index contributed by atoms with van der Waals surface area (Å²) >= 11 is 6.35. The summed E-state index contributed by atoms with van der Waals surface area (Å²) in [5.41, 5.74) is 3.55. The molecule has 4 heteroatoms. The number of aryl methyl sites for hydroxylation is 1. The van der Waals surface area contributed by atoms with E-state index in [1.165, 1.54) is 17.5 Å². The summed E-state index contributed by atoms with van der Waals surface area (Å²) in [6, 6.07) is 6.28. The van der Waals surface area contributed by atoms with Gasteiger partial charge >= 0.3 is 0 Å². The van der Waals surface area contributed by atoms with Crippen molar-refractivity contribution in [2.75, 3.05) is 19.6 Å². The average molecular weight is 308 g/mol. The molecule has 1 aromatic heterocycles. The van der Waals surface area contributed by atoms with Crippen molar-refractivity contribution in [2.45, 2.75) is 46.0 Å². The normalized spacial score (nSPS) is 13.2. The highest BCUT2D eigenvalue weighted by atomic mass is 35.5. The van der Waals surface area contributed by atoms with Crippen LogP contribution in [0.3, 0.4) is 0 Å². The monoisotopic (exact) mass is 307 g/mol. The third-order valence-corrected chi connectivity index (χ3v) is 4.18. The van der Waals surface area contributed by atoms with Crippen molar-refractivity contribution in [3.8, 4) is 0 Å². The second kappa shape index (κ2) is 7.28. The Kier molecular flexibility index (Phi) is 5.65. The fourth-order valence-electron chi connectivity index (χ4n) is 2.90. The number of hydrogen-bond donors (Lipinski definition) is 0. The maximum atomic E-state index is 6.35. The lowest BCUT2D eigenvalue weighted by atomic mass is 10.2. The molecule has 0 saturated carbocycles. The SMILES string of the molecule is CCCN(CC)CCn1c(C(C)Cl)nc2cccc(C)c21. The molecular formula is C17H26ClN3. The van der Waals surface area contributed by atoms with Gasteiger partial charge in [0.1, 0.15) is 5.82 Å². The highest BCUT2D eigenvalue weighted by molar-refractivity contribution is 6.20. The average Bonchev–Trinajstić information content (AvgIpc) is 2.84.